The van der Waals surface area contributed by atoms with Gasteiger partial charge in [-0.15, -0.1) is 5.10 Å². The molecular weight excluding hydrogens is 302 g/mol. The summed E-state index contributed by atoms with van der Waals surface area (Å²) in [4.78, 5) is 4.51. The molecule has 1 N–H and O–H groups in total. The van der Waals surface area contributed by atoms with Crippen molar-refractivity contribution < 1.29 is 0 Å². The van der Waals surface area contributed by atoms with Crippen LogP contribution in [0.3, 0.4) is 0 Å². The largest absolute Gasteiger partial charge is 0.262 e. The zero-order chi connectivity index (χ0) is 14.5. The van der Waals surface area contributed by atoms with E-state index >= 15 is 0 Å². The van der Waals surface area contributed by atoms with Gasteiger partial charge in [-0.25, -0.2) is 4.98 Å². The zero-order valence-corrected chi connectivity index (χ0v) is 12.9. The lowest BCUT2D eigenvalue weighted by atomic mass is 10.1. The molecule has 1 aromatic heterocycles. The van der Waals surface area contributed by atoms with Crippen molar-refractivity contribution in [3.05, 3.63) is 76.6 Å². The molecule has 21 heavy (non-hydrogen) atoms. The molecule has 1 heterocycles. The SMILES string of the molecule is Clc1cccc(CSc2n[nH]c(Cc3ccccc3)n2)c1. The Labute approximate surface area is 132 Å². The summed E-state index contributed by atoms with van der Waals surface area (Å²) in [5.74, 6) is 1.69. The van der Waals surface area contributed by atoms with Crippen LogP contribution in [0.25, 0.3) is 0 Å². The lowest BCUT2D eigenvalue weighted by molar-refractivity contribution is 0.956. The van der Waals surface area contributed by atoms with Crippen LogP contribution >= 0.6 is 23.4 Å². The molecule has 106 valence electrons. The molecule has 0 saturated carbocycles. The molecule has 0 aliphatic rings. The summed E-state index contributed by atoms with van der Waals surface area (Å²) < 4.78 is 0. The maximum Gasteiger partial charge on any atom is 0.208 e. The van der Waals surface area contributed by atoms with Gasteiger partial charge in [-0.1, -0.05) is 65.8 Å². The third-order valence-electron chi connectivity index (χ3n) is 2.98. The quantitative estimate of drug-likeness (QED) is 0.712. The number of rotatable bonds is 5. The molecule has 3 aromatic rings. The molecule has 3 nitrogen and oxygen atoms in total. The Kier molecular flexibility index (Phi) is 4.58. The van der Waals surface area contributed by atoms with E-state index in [2.05, 4.69) is 33.4 Å². The second-order valence-corrected chi connectivity index (χ2v) is 6.02. The zero-order valence-electron chi connectivity index (χ0n) is 11.3. The predicted octanol–water partition coefficient (Wildman–Crippen LogP) is 4.34. The van der Waals surface area contributed by atoms with E-state index in [4.69, 9.17) is 11.6 Å². The van der Waals surface area contributed by atoms with E-state index in [9.17, 15) is 0 Å². The minimum atomic E-state index is 0.757. The van der Waals surface area contributed by atoms with Crippen molar-refractivity contribution >= 4 is 23.4 Å². The molecular formula is C16H14ClN3S. The van der Waals surface area contributed by atoms with E-state index in [0.29, 0.717) is 0 Å². The van der Waals surface area contributed by atoms with Crippen molar-refractivity contribution in [1.29, 1.82) is 0 Å². The minimum Gasteiger partial charge on any atom is -0.262 e. The van der Waals surface area contributed by atoms with Crippen LogP contribution in [0.5, 0.6) is 0 Å². The number of hydrogen-bond acceptors (Lipinski definition) is 3. The van der Waals surface area contributed by atoms with E-state index in [1.165, 1.54) is 11.1 Å². The molecule has 0 amide bonds. The average molecular weight is 316 g/mol. The number of halogens is 1. The van der Waals surface area contributed by atoms with E-state index in [0.717, 1.165) is 28.2 Å². The molecule has 0 aliphatic carbocycles. The number of hydrogen-bond donors (Lipinski definition) is 1. The number of aromatic amines is 1. The summed E-state index contributed by atoms with van der Waals surface area (Å²) in [7, 11) is 0. The lowest BCUT2D eigenvalue weighted by Crippen LogP contribution is -1.90. The Balaban J connectivity index is 1.60. The molecule has 2 aromatic carbocycles. The van der Waals surface area contributed by atoms with Crippen LogP contribution in [0.4, 0.5) is 0 Å². The van der Waals surface area contributed by atoms with E-state index in [1.54, 1.807) is 11.8 Å². The highest BCUT2D eigenvalue weighted by Crippen LogP contribution is 2.21. The molecule has 0 radical (unpaired) electrons. The summed E-state index contributed by atoms with van der Waals surface area (Å²) in [5, 5.41) is 8.76. The van der Waals surface area contributed by atoms with Gasteiger partial charge in [0, 0.05) is 17.2 Å². The molecule has 0 atom stereocenters. The fourth-order valence-corrected chi connectivity index (χ4v) is 2.96. The van der Waals surface area contributed by atoms with Crippen LogP contribution in [0.1, 0.15) is 17.0 Å². The number of aromatic nitrogens is 3. The highest BCUT2D eigenvalue weighted by atomic mass is 35.5. The van der Waals surface area contributed by atoms with E-state index in [-0.39, 0.29) is 0 Å². The van der Waals surface area contributed by atoms with Crippen molar-refractivity contribution in [1.82, 2.24) is 15.2 Å². The summed E-state index contributed by atoms with van der Waals surface area (Å²) in [6.07, 6.45) is 0.769. The van der Waals surface area contributed by atoms with Crippen molar-refractivity contribution in [2.24, 2.45) is 0 Å². The van der Waals surface area contributed by atoms with Crippen LogP contribution < -0.4 is 0 Å². The first-order valence-electron chi connectivity index (χ1n) is 6.62. The Morgan fingerprint density at radius 3 is 2.62 bits per heavy atom. The van der Waals surface area contributed by atoms with Crippen molar-refractivity contribution in [3.63, 3.8) is 0 Å². The van der Waals surface area contributed by atoms with Gasteiger partial charge in [0.1, 0.15) is 5.82 Å². The molecule has 5 heteroatoms. The highest BCUT2D eigenvalue weighted by Gasteiger charge is 2.05. The Bertz CT molecular complexity index is 712. The van der Waals surface area contributed by atoms with Gasteiger partial charge in [0.15, 0.2) is 0 Å². The standard InChI is InChI=1S/C16H14ClN3S/c17-14-8-4-7-13(9-14)11-21-16-18-15(19-20-16)10-12-5-2-1-3-6-12/h1-9H,10-11H2,(H,18,19,20). The predicted molar refractivity (Wildman–Crippen MR) is 86.6 cm³/mol. The smallest absolute Gasteiger partial charge is 0.208 e. The Hall–Kier alpha value is -1.78. The second-order valence-electron chi connectivity index (χ2n) is 4.65. The van der Waals surface area contributed by atoms with Crippen molar-refractivity contribution in [3.8, 4) is 0 Å². The number of thioether (sulfide) groups is 1. The fraction of sp³-hybridized carbons (Fsp3) is 0.125. The Morgan fingerprint density at radius 2 is 1.81 bits per heavy atom. The highest BCUT2D eigenvalue weighted by molar-refractivity contribution is 7.98. The monoisotopic (exact) mass is 315 g/mol. The van der Waals surface area contributed by atoms with Crippen LogP contribution in [0, 0.1) is 0 Å². The molecule has 3 rings (SSSR count). The molecule has 0 spiro atoms. The van der Waals surface area contributed by atoms with Gasteiger partial charge in [0.05, 0.1) is 0 Å². The van der Waals surface area contributed by atoms with Gasteiger partial charge in [-0.2, -0.15) is 0 Å². The first-order chi connectivity index (χ1) is 10.3. The minimum absolute atomic E-state index is 0.757. The molecule has 0 saturated heterocycles. The molecule has 0 bridgehead atoms. The summed E-state index contributed by atoms with van der Waals surface area (Å²) in [5.41, 5.74) is 2.39. The first-order valence-corrected chi connectivity index (χ1v) is 7.98. The normalized spacial score (nSPS) is 10.7. The maximum absolute atomic E-state index is 5.97. The molecule has 0 aliphatic heterocycles. The third kappa shape index (κ3) is 4.09. The number of nitrogens with one attached hydrogen (secondary N) is 1. The summed E-state index contributed by atoms with van der Waals surface area (Å²) in [6.45, 7) is 0. The van der Waals surface area contributed by atoms with E-state index in [1.807, 2.05) is 36.4 Å². The van der Waals surface area contributed by atoms with Gasteiger partial charge in [0.25, 0.3) is 0 Å². The van der Waals surface area contributed by atoms with Crippen LogP contribution in [-0.4, -0.2) is 15.2 Å². The summed E-state index contributed by atoms with van der Waals surface area (Å²) >= 11 is 7.58. The van der Waals surface area contributed by atoms with Gasteiger partial charge in [0.2, 0.25) is 5.16 Å². The van der Waals surface area contributed by atoms with Crippen LogP contribution in [0.2, 0.25) is 5.02 Å². The topological polar surface area (TPSA) is 41.6 Å². The number of nitrogens with zero attached hydrogens (tertiary/aromatic N) is 2. The fourth-order valence-electron chi connectivity index (χ4n) is 1.99. The average Bonchev–Trinajstić information content (AvgIpc) is 2.94. The lowest BCUT2D eigenvalue weighted by Gasteiger charge is -1.98. The van der Waals surface area contributed by atoms with Crippen LogP contribution in [0.15, 0.2) is 59.8 Å². The van der Waals surface area contributed by atoms with E-state index < -0.39 is 0 Å². The molecule has 0 fully saturated rings. The first kappa shape index (κ1) is 14.2. The van der Waals surface area contributed by atoms with Gasteiger partial charge >= 0.3 is 0 Å². The van der Waals surface area contributed by atoms with Crippen molar-refractivity contribution in [2.75, 3.05) is 0 Å². The maximum atomic E-state index is 5.97. The Morgan fingerprint density at radius 1 is 1.00 bits per heavy atom. The van der Waals surface area contributed by atoms with Gasteiger partial charge in [-0.3, -0.25) is 5.10 Å². The van der Waals surface area contributed by atoms with Crippen molar-refractivity contribution in [2.45, 2.75) is 17.3 Å². The van der Waals surface area contributed by atoms with Gasteiger partial charge in [-0.05, 0) is 23.3 Å². The number of H-pyrrole nitrogens is 1. The molecule has 0 unspecified atom stereocenters. The van der Waals surface area contributed by atoms with Crippen LogP contribution in [-0.2, 0) is 12.2 Å². The summed E-state index contributed by atoms with van der Waals surface area (Å²) in [6, 6.07) is 18.1. The van der Waals surface area contributed by atoms with Gasteiger partial charge < -0.3 is 0 Å². The second kappa shape index (κ2) is 6.78. The number of benzene rings is 2. The third-order valence-corrected chi connectivity index (χ3v) is 4.14.